The van der Waals surface area contributed by atoms with Gasteiger partial charge in [-0.15, -0.1) is 0 Å². The lowest BCUT2D eigenvalue weighted by Crippen LogP contribution is -2.05. The molecule has 17 aromatic rings. The van der Waals surface area contributed by atoms with E-state index in [1.165, 1.54) is 10.8 Å². The third-order valence-electron chi connectivity index (χ3n) is 16.9. The van der Waals surface area contributed by atoms with Crippen LogP contribution in [0.5, 0.6) is 0 Å². The van der Waals surface area contributed by atoms with Gasteiger partial charge < -0.3 is 4.57 Å². The maximum Gasteiger partial charge on any atom is 0.235 e. The van der Waals surface area contributed by atoms with Crippen molar-refractivity contribution in [3.63, 3.8) is 0 Å². The number of rotatable bonds is 10. The van der Waals surface area contributed by atoms with Crippen molar-refractivity contribution in [2.24, 2.45) is 0 Å². The summed E-state index contributed by atoms with van der Waals surface area (Å²) >= 11 is 0. The summed E-state index contributed by atoms with van der Waals surface area (Å²) in [6, 6.07) is 107. The number of hydrogen-bond donors (Lipinski definition) is 0. The molecule has 88 heavy (non-hydrogen) atoms. The molecule has 0 saturated heterocycles. The molecule has 0 amide bonds. The molecule has 0 radical (unpaired) electrons. The van der Waals surface area contributed by atoms with Crippen LogP contribution in [0.1, 0.15) is 0 Å². The first kappa shape index (κ1) is 50.5. The standard InChI is InChI=1S/C80H50N8/c1-5-22-53(23-6-1)68-48-69(54-24-7-2-8-25-54)82-78(81-68)79-83-70(55-26-9-3-10-27-55)49-71(84-79)60-31-19-30-58(46-60)59-40-41-65-67-43-42-66-64-34-17-18-35-74(64)88(77(66)76(67)87(75(65)47-59)63-32-11-4-12-33-63)80-85-72(61-38-36-51-20-13-15-28-56(51)44-61)50-73(86-80)62-39-37-52-21-14-16-29-57(52)45-62/h1-50H. The molecular formula is C80H50N8. The molecule has 8 heteroatoms. The fourth-order valence-corrected chi connectivity index (χ4v) is 12.7. The fourth-order valence-electron chi connectivity index (χ4n) is 12.7. The second-order valence-electron chi connectivity index (χ2n) is 22.3. The third kappa shape index (κ3) is 8.86. The van der Waals surface area contributed by atoms with Gasteiger partial charge in [0.15, 0.2) is 11.6 Å². The first-order chi connectivity index (χ1) is 43.6. The molecule has 5 heterocycles. The maximum atomic E-state index is 5.60. The lowest BCUT2D eigenvalue weighted by atomic mass is 9.99. The lowest BCUT2D eigenvalue weighted by molar-refractivity contribution is 0.995. The smallest absolute Gasteiger partial charge is 0.235 e. The van der Waals surface area contributed by atoms with E-state index in [-0.39, 0.29) is 0 Å². The van der Waals surface area contributed by atoms with Crippen LogP contribution >= 0.6 is 0 Å². The van der Waals surface area contributed by atoms with Crippen LogP contribution in [-0.4, -0.2) is 39.0 Å². The summed E-state index contributed by atoms with van der Waals surface area (Å²) in [7, 11) is 0. The molecule has 0 atom stereocenters. The minimum absolute atomic E-state index is 0.435. The SMILES string of the molecule is c1ccc(-c2cc(-c3ccccc3)nc(-c3nc(-c4ccccc4)cc(-c4cccc(-c5ccc6c7ccc8c9ccccc9n(-c9nc(-c%10ccc%11ccccc%11c%10)cc(-c%10ccc%11ccccc%11c%10)n9)c8c7n(-c7ccccc7)c6c5)c4)n3)n2)cc1. The van der Waals surface area contributed by atoms with Crippen LogP contribution in [0.3, 0.4) is 0 Å². The van der Waals surface area contributed by atoms with Gasteiger partial charge in [-0.25, -0.2) is 29.9 Å². The predicted octanol–water partition coefficient (Wildman–Crippen LogP) is 19.9. The van der Waals surface area contributed by atoms with E-state index in [0.29, 0.717) is 17.6 Å². The Bertz CT molecular complexity index is 5410. The van der Waals surface area contributed by atoms with Crippen molar-refractivity contribution in [2.75, 3.05) is 0 Å². The van der Waals surface area contributed by atoms with Crippen molar-refractivity contribution < 1.29 is 0 Å². The Kier molecular flexibility index (Phi) is 12.0. The molecule has 0 bridgehead atoms. The Hall–Kier alpha value is -12.0. The van der Waals surface area contributed by atoms with E-state index in [1.54, 1.807) is 0 Å². The van der Waals surface area contributed by atoms with E-state index in [2.05, 4.69) is 252 Å². The van der Waals surface area contributed by atoms with Gasteiger partial charge in [-0.1, -0.05) is 243 Å². The zero-order valence-corrected chi connectivity index (χ0v) is 47.4. The number of nitrogens with zero attached hydrogens (tertiary/aromatic N) is 8. The molecule has 0 spiro atoms. The van der Waals surface area contributed by atoms with E-state index in [1.807, 2.05) is 60.7 Å². The average Bonchev–Trinajstić information content (AvgIpc) is 1.59. The Morgan fingerprint density at radius 2 is 0.580 bits per heavy atom. The monoisotopic (exact) mass is 1120 g/mol. The highest BCUT2D eigenvalue weighted by Gasteiger charge is 2.25. The summed E-state index contributed by atoms with van der Waals surface area (Å²) in [4.78, 5) is 32.1. The molecule has 410 valence electrons. The van der Waals surface area contributed by atoms with E-state index in [0.717, 1.165) is 139 Å². The zero-order chi connectivity index (χ0) is 58.1. The lowest BCUT2D eigenvalue weighted by Gasteiger charge is -2.14. The topological polar surface area (TPSA) is 87.2 Å². The van der Waals surface area contributed by atoms with Crippen molar-refractivity contribution in [3.05, 3.63) is 303 Å². The minimum Gasteiger partial charge on any atom is -0.307 e. The van der Waals surface area contributed by atoms with Gasteiger partial charge in [-0.3, -0.25) is 4.57 Å². The Morgan fingerprint density at radius 3 is 1.12 bits per heavy atom. The molecule has 17 rings (SSSR count). The summed E-state index contributed by atoms with van der Waals surface area (Å²) in [5, 5.41) is 9.12. The molecule has 12 aromatic carbocycles. The van der Waals surface area contributed by atoms with Gasteiger partial charge in [0.1, 0.15) is 0 Å². The van der Waals surface area contributed by atoms with E-state index >= 15 is 0 Å². The van der Waals surface area contributed by atoms with Gasteiger partial charge in [0.2, 0.25) is 5.95 Å². The molecule has 0 saturated carbocycles. The summed E-state index contributed by atoms with van der Waals surface area (Å²) in [5.41, 5.74) is 18.0. The number of benzene rings is 12. The second-order valence-corrected chi connectivity index (χ2v) is 22.3. The third-order valence-corrected chi connectivity index (χ3v) is 16.9. The number of fused-ring (bicyclic) bond motifs is 9. The Balaban J connectivity index is 0.860. The number of para-hydroxylation sites is 2. The Morgan fingerprint density at radius 1 is 0.205 bits per heavy atom. The molecule has 5 aromatic heterocycles. The van der Waals surface area contributed by atoms with Gasteiger partial charge in [0, 0.05) is 60.6 Å². The van der Waals surface area contributed by atoms with Gasteiger partial charge in [-0.05, 0) is 93.3 Å². The van der Waals surface area contributed by atoms with Gasteiger partial charge in [0.05, 0.1) is 56.2 Å². The fraction of sp³-hybridized carbons (Fsp3) is 0. The number of aromatic nitrogens is 8. The highest BCUT2D eigenvalue weighted by Crippen LogP contribution is 2.44. The maximum absolute atomic E-state index is 5.60. The van der Waals surface area contributed by atoms with Crippen molar-refractivity contribution in [1.29, 1.82) is 0 Å². The van der Waals surface area contributed by atoms with Crippen LogP contribution in [0.15, 0.2) is 303 Å². The highest BCUT2D eigenvalue weighted by atomic mass is 15.2. The van der Waals surface area contributed by atoms with E-state index in [4.69, 9.17) is 29.9 Å². The van der Waals surface area contributed by atoms with Crippen LogP contribution in [0.2, 0.25) is 0 Å². The molecule has 0 aliphatic heterocycles. The quantitative estimate of drug-likeness (QED) is 0.136. The summed E-state index contributed by atoms with van der Waals surface area (Å²) < 4.78 is 4.74. The first-order valence-corrected chi connectivity index (χ1v) is 29.6. The van der Waals surface area contributed by atoms with Crippen LogP contribution < -0.4 is 0 Å². The van der Waals surface area contributed by atoms with Gasteiger partial charge >= 0.3 is 0 Å². The normalized spacial score (nSPS) is 11.6. The average molecular weight is 1120 g/mol. The second kappa shape index (κ2) is 21.0. The van der Waals surface area contributed by atoms with Crippen LogP contribution in [0.25, 0.3) is 167 Å². The van der Waals surface area contributed by atoms with Crippen LogP contribution in [0.4, 0.5) is 0 Å². The molecule has 0 fully saturated rings. The van der Waals surface area contributed by atoms with E-state index < -0.39 is 0 Å². The van der Waals surface area contributed by atoms with Crippen molar-refractivity contribution >= 4 is 65.2 Å². The number of hydrogen-bond acceptors (Lipinski definition) is 6. The van der Waals surface area contributed by atoms with Crippen molar-refractivity contribution in [2.45, 2.75) is 0 Å². The first-order valence-electron chi connectivity index (χ1n) is 29.6. The largest absolute Gasteiger partial charge is 0.307 e. The van der Waals surface area contributed by atoms with Crippen LogP contribution in [-0.2, 0) is 0 Å². The summed E-state index contributed by atoms with van der Waals surface area (Å²) in [6.45, 7) is 0. The molecular weight excluding hydrogens is 1070 g/mol. The summed E-state index contributed by atoms with van der Waals surface area (Å²) in [5.74, 6) is 1.47. The zero-order valence-electron chi connectivity index (χ0n) is 47.4. The van der Waals surface area contributed by atoms with Crippen molar-refractivity contribution in [3.8, 4) is 102 Å². The van der Waals surface area contributed by atoms with E-state index in [9.17, 15) is 0 Å². The predicted molar refractivity (Wildman–Crippen MR) is 360 cm³/mol. The van der Waals surface area contributed by atoms with Crippen molar-refractivity contribution in [1.82, 2.24) is 39.0 Å². The minimum atomic E-state index is 0.435. The highest BCUT2D eigenvalue weighted by molar-refractivity contribution is 6.24. The molecule has 0 unspecified atom stereocenters. The van der Waals surface area contributed by atoms with Gasteiger partial charge in [0.25, 0.3) is 0 Å². The van der Waals surface area contributed by atoms with Gasteiger partial charge in [-0.2, -0.15) is 0 Å². The summed E-state index contributed by atoms with van der Waals surface area (Å²) in [6.07, 6.45) is 0. The molecule has 8 nitrogen and oxygen atoms in total. The molecule has 0 aliphatic carbocycles. The molecule has 0 aliphatic rings. The Labute approximate surface area is 506 Å². The van der Waals surface area contributed by atoms with Crippen LogP contribution in [0, 0.1) is 0 Å². The molecule has 0 N–H and O–H groups in total.